The molecule has 3 aromatic rings. The first-order valence-corrected chi connectivity index (χ1v) is 8.23. The van der Waals surface area contributed by atoms with Crippen molar-refractivity contribution < 1.29 is 13.9 Å². The average molecular weight is 367 g/mol. The van der Waals surface area contributed by atoms with Gasteiger partial charge < -0.3 is 14.5 Å². The molecule has 1 amide bonds. The topological polar surface area (TPSA) is 76.4 Å². The highest BCUT2D eigenvalue weighted by Crippen LogP contribution is 2.32. The van der Waals surface area contributed by atoms with Crippen LogP contribution in [0.4, 0.5) is 5.69 Å². The Morgan fingerprint density at radius 1 is 1.23 bits per heavy atom. The van der Waals surface area contributed by atoms with Gasteiger partial charge in [-0.2, -0.15) is 0 Å². The molecule has 0 atom stereocenters. The molecule has 0 bridgehead atoms. The molecule has 0 unspecified atom stereocenters. The lowest BCUT2D eigenvalue weighted by Crippen LogP contribution is -2.34. The van der Waals surface area contributed by atoms with Gasteiger partial charge in [0.1, 0.15) is 5.75 Å². The van der Waals surface area contributed by atoms with Crippen LogP contribution in [0.15, 0.2) is 59.5 Å². The van der Waals surface area contributed by atoms with Gasteiger partial charge in [0, 0.05) is 17.3 Å². The van der Waals surface area contributed by atoms with Crippen LogP contribution < -0.4 is 15.4 Å². The highest BCUT2D eigenvalue weighted by atomic mass is 32.1. The SMILES string of the molecule is COc1cc(NC(=S)NC(=O)c2cccc(C)c2)ccc1-c1cnco1. The van der Waals surface area contributed by atoms with Crippen molar-refractivity contribution in [1.29, 1.82) is 0 Å². The highest BCUT2D eigenvalue weighted by Gasteiger charge is 2.12. The third-order valence-electron chi connectivity index (χ3n) is 3.66. The van der Waals surface area contributed by atoms with E-state index in [0.717, 1.165) is 11.1 Å². The molecule has 1 aromatic heterocycles. The van der Waals surface area contributed by atoms with Crippen molar-refractivity contribution in [2.45, 2.75) is 6.92 Å². The molecule has 0 saturated carbocycles. The molecule has 0 aliphatic heterocycles. The number of oxazole rings is 1. The first-order chi connectivity index (χ1) is 12.6. The van der Waals surface area contributed by atoms with Crippen LogP contribution in [0, 0.1) is 6.92 Å². The van der Waals surface area contributed by atoms with E-state index in [1.54, 1.807) is 31.5 Å². The number of amides is 1. The molecule has 0 aliphatic carbocycles. The molecular weight excluding hydrogens is 350 g/mol. The second kappa shape index (κ2) is 7.79. The quantitative estimate of drug-likeness (QED) is 0.684. The predicted octanol–water partition coefficient (Wildman–Crippen LogP) is 3.79. The number of hydrogen-bond acceptors (Lipinski definition) is 5. The van der Waals surface area contributed by atoms with Crippen LogP contribution in [-0.2, 0) is 0 Å². The number of benzene rings is 2. The van der Waals surface area contributed by atoms with E-state index in [0.29, 0.717) is 22.8 Å². The fourth-order valence-corrected chi connectivity index (χ4v) is 2.66. The number of carbonyl (C=O) groups is 1. The molecule has 0 saturated heterocycles. The van der Waals surface area contributed by atoms with E-state index in [9.17, 15) is 4.79 Å². The lowest BCUT2D eigenvalue weighted by Gasteiger charge is -2.12. The molecule has 6 nitrogen and oxygen atoms in total. The molecule has 2 aromatic carbocycles. The first-order valence-electron chi connectivity index (χ1n) is 7.82. The van der Waals surface area contributed by atoms with Crippen molar-refractivity contribution in [3.8, 4) is 17.1 Å². The van der Waals surface area contributed by atoms with Crippen molar-refractivity contribution in [3.63, 3.8) is 0 Å². The molecule has 0 radical (unpaired) electrons. The minimum atomic E-state index is -0.267. The van der Waals surface area contributed by atoms with E-state index in [1.165, 1.54) is 6.39 Å². The van der Waals surface area contributed by atoms with Gasteiger partial charge in [-0.25, -0.2) is 4.98 Å². The monoisotopic (exact) mass is 367 g/mol. The van der Waals surface area contributed by atoms with Crippen LogP contribution in [0.25, 0.3) is 11.3 Å². The summed E-state index contributed by atoms with van der Waals surface area (Å²) in [5, 5.41) is 5.84. The zero-order chi connectivity index (χ0) is 18.5. The number of rotatable bonds is 4. The summed E-state index contributed by atoms with van der Waals surface area (Å²) in [6, 6.07) is 12.7. The van der Waals surface area contributed by atoms with Gasteiger partial charge in [0.25, 0.3) is 5.91 Å². The summed E-state index contributed by atoms with van der Waals surface area (Å²) in [5.41, 5.74) is 3.00. The molecule has 0 spiro atoms. The van der Waals surface area contributed by atoms with Crippen molar-refractivity contribution >= 4 is 28.9 Å². The number of carbonyl (C=O) groups excluding carboxylic acids is 1. The van der Waals surface area contributed by atoms with Gasteiger partial charge in [-0.1, -0.05) is 17.7 Å². The van der Waals surface area contributed by atoms with Gasteiger partial charge in [0.15, 0.2) is 17.3 Å². The number of nitrogens with zero attached hydrogens (tertiary/aromatic N) is 1. The third-order valence-corrected chi connectivity index (χ3v) is 3.87. The molecule has 26 heavy (non-hydrogen) atoms. The summed E-state index contributed by atoms with van der Waals surface area (Å²) in [6.07, 6.45) is 2.97. The summed E-state index contributed by atoms with van der Waals surface area (Å²) in [4.78, 5) is 16.2. The largest absolute Gasteiger partial charge is 0.496 e. The Morgan fingerprint density at radius 2 is 2.08 bits per heavy atom. The third kappa shape index (κ3) is 4.07. The van der Waals surface area contributed by atoms with Crippen molar-refractivity contribution in [2.24, 2.45) is 0 Å². The van der Waals surface area contributed by atoms with Crippen molar-refractivity contribution in [2.75, 3.05) is 12.4 Å². The number of methoxy groups -OCH3 is 1. The van der Waals surface area contributed by atoms with E-state index >= 15 is 0 Å². The molecule has 3 rings (SSSR count). The lowest BCUT2D eigenvalue weighted by molar-refractivity contribution is 0.0977. The summed E-state index contributed by atoms with van der Waals surface area (Å²) in [6.45, 7) is 1.93. The van der Waals surface area contributed by atoms with E-state index in [-0.39, 0.29) is 11.0 Å². The van der Waals surface area contributed by atoms with Gasteiger partial charge >= 0.3 is 0 Å². The van der Waals surface area contributed by atoms with Crippen LogP contribution in [0.1, 0.15) is 15.9 Å². The smallest absolute Gasteiger partial charge is 0.257 e. The maximum absolute atomic E-state index is 12.2. The van der Waals surface area contributed by atoms with Gasteiger partial charge in [0.05, 0.1) is 18.9 Å². The van der Waals surface area contributed by atoms with E-state index in [2.05, 4.69) is 15.6 Å². The van der Waals surface area contributed by atoms with E-state index in [1.807, 2.05) is 31.2 Å². The number of aromatic nitrogens is 1. The Labute approximate surface area is 156 Å². The number of anilines is 1. The Morgan fingerprint density at radius 3 is 2.77 bits per heavy atom. The molecule has 132 valence electrons. The number of hydrogen-bond donors (Lipinski definition) is 2. The maximum atomic E-state index is 12.2. The second-order valence-corrected chi connectivity index (χ2v) is 5.97. The Balaban J connectivity index is 1.70. The Bertz CT molecular complexity index is 939. The molecule has 7 heteroatoms. The molecular formula is C19H17N3O3S. The normalized spacial score (nSPS) is 10.2. The summed E-state index contributed by atoms with van der Waals surface area (Å²) < 4.78 is 10.7. The summed E-state index contributed by atoms with van der Waals surface area (Å²) >= 11 is 5.22. The first kappa shape index (κ1) is 17.6. The summed E-state index contributed by atoms with van der Waals surface area (Å²) in [5.74, 6) is 0.930. The fraction of sp³-hybridized carbons (Fsp3) is 0.105. The average Bonchev–Trinajstić information content (AvgIpc) is 3.16. The molecule has 0 fully saturated rings. The van der Waals surface area contributed by atoms with E-state index < -0.39 is 0 Å². The zero-order valence-electron chi connectivity index (χ0n) is 14.3. The van der Waals surface area contributed by atoms with Gasteiger partial charge in [-0.3, -0.25) is 10.1 Å². The van der Waals surface area contributed by atoms with Crippen LogP contribution in [0.2, 0.25) is 0 Å². The number of nitrogens with one attached hydrogen (secondary N) is 2. The summed E-state index contributed by atoms with van der Waals surface area (Å²) in [7, 11) is 1.57. The van der Waals surface area contributed by atoms with Crippen LogP contribution >= 0.6 is 12.2 Å². The second-order valence-electron chi connectivity index (χ2n) is 5.56. The Kier molecular flexibility index (Phi) is 5.28. The van der Waals surface area contributed by atoms with Crippen LogP contribution in [0.5, 0.6) is 5.75 Å². The minimum Gasteiger partial charge on any atom is -0.496 e. The predicted molar refractivity (Wildman–Crippen MR) is 103 cm³/mol. The van der Waals surface area contributed by atoms with Crippen LogP contribution in [0.3, 0.4) is 0 Å². The minimum absolute atomic E-state index is 0.200. The molecule has 2 N–H and O–H groups in total. The van der Waals surface area contributed by atoms with Gasteiger partial charge in [-0.15, -0.1) is 0 Å². The van der Waals surface area contributed by atoms with Crippen molar-refractivity contribution in [3.05, 3.63) is 66.2 Å². The fourth-order valence-electron chi connectivity index (χ4n) is 2.45. The maximum Gasteiger partial charge on any atom is 0.257 e. The number of ether oxygens (including phenoxy) is 1. The Hall–Kier alpha value is -3.19. The zero-order valence-corrected chi connectivity index (χ0v) is 15.1. The van der Waals surface area contributed by atoms with Crippen LogP contribution in [-0.4, -0.2) is 23.1 Å². The van der Waals surface area contributed by atoms with Gasteiger partial charge in [-0.05, 0) is 43.4 Å². The van der Waals surface area contributed by atoms with E-state index in [4.69, 9.17) is 21.4 Å². The highest BCUT2D eigenvalue weighted by molar-refractivity contribution is 7.80. The number of aryl methyl sites for hydroxylation is 1. The van der Waals surface area contributed by atoms with Crippen molar-refractivity contribution in [1.82, 2.24) is 10.3 Å². The lowest BCUT2D eigenvalue weighted by atomic mass is 10.1. The van der Waals surface area contributed by atoms with Gasteiger partial charge in [0.2, 0.25) is 0 Å². The molecule has 1 heterocycles. The standard InChI is InChI=1S/C19H17N3O3S/c1-12-4-3-5-13(8-12)18(23)22-19(26)21-14-6-7-15(16(9-14)24-2)17-10-20-11-25-17/h3-11H,1-2H3,(H2,21,22,23,26). The number of thiocarbonyl (C=S) groups is 1. The molecule has 0 aliphatic rings.